The van der Waals surface area contributed by atoms with Crippen LogP contribution >= 0.6 is 0 Å². The second-order valence-electron chi connectivity index (χ2n) is 6.47. The van der Waals surface area contributed by atoms with Crippen LogP contribution in [0.5, 0.6) is 0 Å². The fourth-order valence-corrected chi connectivity index (χ4v) is 2.92. The third-order valence-electron chi connectivity index (χ3n) is 4.39. The lowest BCUT2D eigenvalue weighted by Gasteiger charge is -2.30. The van der Waals surface area contributed by atoms with E-state index in [-0.39, 0.29) is 6.42 Å². The molecule has 0 aromatic heterocycles. The largest absolute Gasteiger partial charge is 0.481 e. The van der Waals surface area contributed by atoms with Gasteiger partial charge in [-0.3, -0.25) is 4.79 Å². The molecule has 142 valence electrons. The molecule has 1 fully saturated rings. The van der Waals surface area contributed by atoms with Crippen molar-refractivity contribution in [3.05, 3.63) is 71.3 Å². The normalized spacial score (nSPS) is 14.8. The molecule has 1 saturated heterocycles. The average Bonchev–Trinajstić information content (AvgIpc) is 2.70. The molecule has 27 heavy (non-hydrogen) atoms. The lowest BCUT2D eigenvalue weighted by Crippen LogP contribution is -2.47. The molecule has 1 aliphatic rings. The highest BCUT2D eigenvalue weighted by Crippen LogP contribution is 2.07. The molecular weight excluding hydrogens is 342 g/mol. The molecule has 0 amide bonds. The van der Waals surface area contributed by atoms with E-state index in [4.69, 9.17) is 14.8 Å². The van der Waals surface area contributed by atoms with E-state index < -0.39 is 5.97 Å². The van der Waals surface area contributed by atoms with Gasteiger partial charge in [-0.2, -0.15) is 0 Å². The Hall–Kier alpha value is -2.86. The summed E-state index contributed by atoms with van der Waals surface area (Å²) < 4.78 is 5.45. The molecule has 6 heteroatoms. The summed E-state index contributed by atoms with van der Waals surface area (Å²) in [6.07, 6.45) is 0.0469. The van der Waals surface area contributed by atoms with Crippen molar-refractivity contribution in [1.82, 2.24) is 10.2 Å². The Bertz CT molecular complexity index is 754. The standard InChI is InChI=1S/C21H25N3O3/c25-20(26)14-17-6-8-19(9-7-17)16-23-21(24-10-12-27-13-11-24)22-15-18-4-2-1-3-5-18/h1-9H,10-16H2,(H,22,23)(H,25,26). The molecule has 2 aromatic rings. The van der Waals surface area contributed by atoms with Crippen LogP contribution in [0.15, 0.2) is 59.6 Å². The van der Waals surface area contributed by atoms with E-state index in [0.717, 1.165) is 30.2 Å². The van der Waals surface area contributed by atoms with E-state index in [9.17, 15) is 4.79 Å². The third kappa shape index (κ3) is 6.11. The molecule has 2 aromatic carbocycles. The second-order valence-corrected chi connectivity index (χ2v) is 6.47. The van der Waals surface area contributed by atoms with Crippen molar-refractivity contribution < 1.29 is 14.6 Å². The molecule has 0 radical (unpaired) electrons. The van der Waals surface area contributed by atoms with Gasteiger partial charge in [-0.05, 0) is 16.7 Å². The number of morpholine rings is 1. The lowest BCUT2D eigenvalue weighted by molar-refractivity contribution is -0.136. The van der Waals surface area contributed by atoms with Gasteiger partial charge in [0.25, 0.3) is 0 Å². The number of aliphatic imine (C=N–C) groups is 1. The molecule has 0 spiro atoms. The number of nitrogens with zero attached hydrogens (tertiary/aromatic N) is 2. The summed E-state index contributed by atoms with van der Waals surface area (Å²) in [4.78, 5) is 17.8. The Labute approximate surface area is 159 Å². The van der Waals surface area contributed by atoms with Crippen LogP contribution in [0.4, 0.5) is 0 Å². The van der Waals surface area contributed by atoms with Crippen molar-refractivity contribution in [2.24, 2.45) is 4.99 Å². The highest BCUT2D eigenvalue weighted by molar-refractivity contribution is 5.80. The van der Waals surface area contributed by atoms with Crippen LogP contribution in [0.25, 0.3) is 0 Å². The van der Waals surface area contributed by atoms with E-state index in [0.29, 0.717) is 26.3 Å². The summed E-state index contributed by atoms with van der Waals surface area (Å²) in [6, 6.07) is 17.8. The molecule has 0 aliphatic carbocycles. The number of ether oxygens (including phenoxy) is 1. The maximum Gasteiger partial charge on any atom is 0.307 e. The number of carboxylic acid groups (broad SMARTS) is 1. The highest BCUT2D eigenvalue weighted by Gasteiger charge is 2.15. The van der Waals surface area contributed by atoms with Crippen LogP contribution in [0.3, 0.4) is 0 Å². The number of aliphatic carboxylic acids is 1. The summed E-state index contributed by atoms with van der Waals surface area (Å²) >= 11 is 0. The fourth-order valence-electron chi connectivity index (χ4n) is 2.92. The monoisotopic (exact) mass is 367 g/mol. The maximum atomic E-state index is 10.8. The molecule has 0 unspecified atom stereocenters. The Kier molecular flexibility index (Phi) is 6.82. The Morgan fingerprint density at radius 1 is 1.00 bits per heavy atom. The van der Waals surface area contributed by atoms with Gasteiger partial charge < -0.3 is 20.1 Å². The Morgan fingerprint density at radius 2 is 1.67 bits per heavy atom. The van der Waals surface area contributed by atoms with Crippen molar-refractivity contribution in [3.8, 4) is 0 Å². The molecular formula is C21H25N3O3. The van der Waals surface area contributed by atoms with Crippen LogP contribution < -0.4 is 5.32 Å². The lowest BCUT2D eigenvalue weighted by atomic mass is 10.1. The van der Waals surface area contributed by atoms with Crippen molar-refractivity contribution in [3.63, 3.8) is 0 Å². The first-order valence-corrected chi connectivity index (χ1v) is 9.15. The van der Waals surface area contributed by atoms with Gasteiger partial charge in [0.05, 0.1) is 26.2 Å². The molecule has 0 saturated carbocycles. The average molecular weight is 367 g/mol. The summed E-state index contributed by atoms with van der Waals surface area (Å²) in [5, 5.41) is 12.3. The second kappa shape index (κ2) is 9.73. The third-order valence-corrected chi connectivity index (χ3v) is 4.39. The predicted octanol–water partition coefficient (Wildman–Crippen LogP) is 2.29. The number of guanidine groups is 1. The number of nitrogens with one attached hydrogen (secondary N) is 1. The minimum atomic E-state index is -0.816. The van der Waals surface area contributed by atoms with E-state index in [1.807, 2.05) is 42.5 Å². The van der Waals surface area contributed by atoms with E-state index in [2.05, 4.69) is 22.3 Å². The number of benzene rings is 2. The first-order chi connectivity index (χ1) is 13.2. The number of hydrogen-bond acceptors (Lipinski definition) is 3. The first-order valence-electron chi connectivity index (χ1n) is 9.15. The molecule has 6 nitrogen and oxygen atoms in total. The zero-order valence-corrected chi connectivity index (χ0v) is 15.3. The maximum absolute atomic E-state index is 10.8. The van der Waals surface area contributed by atoms with E-state index >= 15 is 0 Å². The zero-order chi connectivity index (χ0) is 18.9. The zero-order valence-electron chi connectivity index (χ0n) is 15.3. The van der Waals surface area contributed by atoms with E-state index in [1.165, 1.54) is 5.56 Å². The summed E-state index contributed by atoms with van der Waals surface area (Å²) in [7, 11) is 0. The van der Waals surface area contributed by atoms with Crippen molar-refractivity contribution >= 4 is 11.9 Å². The number of rotatable bonds is 6. The Morgan fingerprint density at radius 3 is 2.33 bits per heavy atom. The molecule has 0 bridgehead atoms. The van der Waals surface area contributed by atoms with Crippen molar-refractivity contribution in [2.75, 3.05) is 26.3 Å². The van der Waals surface area contributed by atoms with E-state index in [1.54, 1.807) is 0 Å². The minimum absolute atomic E-state index is 0.0469. The summed E-state index contributed by atoms with van der Waals surface area (Å²) in [5.41, 5.74) is 3.06. The quantitative estimate of drug-likeness (QED) is 0.605. The molecule has 3 rings (SSSR count). The summed E-state index contributed by atoms with van der Waals surface area (Å²) in [6.45, 7) is 4.30. The van der Waals surface area contributed by atoms with Crippen LogP contribution in [0.1, 0.15) is 16.7 Å². The topological polar surface area (TPSA) is 74.2 Å². The molecule has 2 N–H and O–H groups in total. The SMILES string of the molecule is O=C(O)Cc1ccc(CNC(=NCc2ccccc2)N2CCOCC2)cc1. The fraction of sp³-hybridized carbons (Fsp3) is 0.333. The number of carboxylic acids is 1. The van der Waals surface area contributed by atoms with Gasteiger partial charge in [0.1, 0.15) is 0 Å². The minimum Gasteiger partial charge on any atom is -0.481 e. The molecule has 1 aliphatic heterocycles. The summed E-state index contributed by atoms with van der Waals surface area (Å²) in [5.74, 6) is 0.0558. The predicted molar refractivity (Wildman–Crippen MR) is 105 cm³/mol. The van der Waals surface area contributed by atoms with Gasteiger partial charge in [-0.15, -0.1) is 0 Å². The van der Waals surface area contributed by atoms with Crippen LogP contribution in [0.2, 0.25) is 0 Å². The van der Waals surface area contributed by atoms with Gasteiger partial charge in [0, 0.05) is 19.6 Å². The Balaban J connectivity index is 1.64. The number of carbonyl (C=O) groups is 1. The van der Waals surface area contributed by atoms with Crippen LogP contribution in [0, 0.1) is 0 Å². The van der Waals surface area contributed by atoms with Crippen LogP contribution in [-0.4, -0.2) is 48.2 Å². The molecule has 0 atom stereocenters. The highest BCUT2D eigenvalue weighted by atomic mass is 16.5. The van der Waals surface area contributed by atoms with Gasteiger partial charge in [-0.1, -0.05) is 54.6 Å². The van der Waals surface area contributed by atoms with Crippen molar-refractivity contribution in [1.29, 1.82) is 0 Å². The number of hydrogen-bond donors (Lipinski definition) is 2. The van der Waals surface area contributed by atoms with Gasteiger partial charge in [-0.25, -0.2) is 4.99 Å². The van der Waals surface area contributed by atoms with Crippen molar-refractivity contribution in [2.45, 2.75) is 19.5 Å². The first kappa shape index (κ1) is 18.9. The molecule has 1 heterocycles. The smallest absolute Gasteiger partial charge is 0.307 e. The van der Waals surface area contributed by atoms with Gasteiger partial charge in [0.15, 0.2) is 5.96 Å². The van der Waals surface area contributed by atoms with Gasteiger partial charge >= 0.3 is 5.97 Å². The van der Waals surface area contributed by atoms with Gasteiger partial charge in [0.2, 0.25) is 0 Å². The van der Waals surface area contributed by atoms with Crippen LogP contribution in [-0.2, 0) is 29.0 Å².